The van der Waals surface area contributed by atoms with Crippen molar-refractivity contribution in [1.82, 2.24) is 0 Å². The maximum atomic E-state index is 6.06. The van der Waals surface area contributed by atoms with E-state index in [0.717, 1.165) is 18.0 Å². The maximum Gasteiger partial charge on any atom is 0.0390 e. The molecule has 0 aliphatic heterocycles. The van der Waals surface area contributed by atoms with Gasteiger partial charge < -0.3 is 5.73 Å². The van der Waals surface area contributed by atoms with Gasteiger partial charge in [0.2, 0.25) is 0 Å². The van der Waals surface area contributed by atoms with Gasteiger partial charge in [-0.1, -0.05) is 38.0 Å². The van der Waals surface area contributed by atoms with E-state index in [1.54, 1.807) is 0 Å². The van der Waals surface area contributed by atoms with Gasteiger partial charge in [-0.05, 0) is 50.3 Å². The van der Waals surface area contributed by atoms with E-state index < -0.39 is 0 Å². The van der Waals surface area contributed by atoms with Gasteiger partial charge in [-0.15, -0.1) is 0 Å². The van der Waals surface area contributed by atoms with Crippen LogP contribution in [0.25, 0.3) is 5.57 Å². The molecule has 0 aliphatic rings. The molecule has 0 spiro atoms. The molecule has 0 heterocycles. The van der Waals surface area contributed by atoms with Crippen molar-refractivity contribution in [1.29, 1.82) is 0 Å². The van der Waals surface area contributed by atoms with Crippen LogP contribution in [0.15, 0.2) is 24.3 Å². The lowest BCUT2D eigenvalue weighted by Crippen LogP contribution is -1.97. The molecule has 0 aromatic heterocycles. The first-order chi connectivity index (χ1) is 8.08. The van der Waals surface area contributed by atoms with Gasteiger partial charge in [0.25, 0.3) is 0 Å². The Kier molecular flexibility index (Phi) is 5.27. The van der Waals surface area contributed by atoms with Crippen molar-refractivity contribution in [3.05, 3.63) is 35.4 Å². The van der Waals surface area contributed by atoms with Crippen LogP contribution in [-0.4, -0.2) is 0 Å². The quantitative estimate of drug-likeness (QED) is 0.723. The zero-order valence-corrected chi connectivity index (χ0v) is 11.6. The Hall–Kier alpha value is -1.24. The number of hydrogen-bond donors (Lipinski definition) is 1. The van der Waals surface area contributed by atoms with Crippen LogP contribution in [0.1, 0.15) is 51.2 Å². The standard InChI is InChI=1S/C16H25N/c1-5-12(3)7-9-14(6-2)15-11-13(4)8-10-16(15)17/h6,8,10-12H,5,7,9,17H2,1-4H3/b14-6+/t12-/m1/s1. The van der Waals surface area contributed by atoms with Crippen molar-refractivity contribution in [2.24, 2.45) is 5.92 Å². The molecular weight excluding hydrogens is 206 g/mol. The van der Waals surface area contributed by atoms with Crippen molar-refractivity contribution >= 4 is 11.3 Å². The number of nitrogen functional groups attached to an aromatic ring is 1. The second-order valence-electron chi connectivity index (χ2n) is 4.96. The fourth-order valence-electron chi connectivity index (χ4n) is 1.99. The summed E-state index contributed by atoms with van der Waals surface area (Å²) in [6.45, 7) is 8.78. The summed E-state index contributed by atoms with van der Waals surface area (Å²) in [5.74, 6) is 0.788. The highest BCUT2D eigenvalue weighted by atomic mass is 14.6. The predicted octanol–water partition coefficient (Wildman–Crippen LogP) is 4.81. The highest BCUT2D eigenvalue weighted by Crippen LogP contribution is 2.28. The van der Waals surface area contributed by atoms with Gasteiger partial charge in [0, 0.05) is 11.3 Å². The monoisotopic (exact) mass is 231 g/mol. The number of rotatable bonds is 5. The molecule has 0 unspecified atom stereocenters. The van der Waals surface area contributed by atoms with Crippen LogP contribution in [0.4, 0.5) is 5.69 Å². The van der Waals surface area contributed by atoms with Crippen LogP contribution in [0.2, 0.25) is 0 Å². The van der Waals surface area contributed by atoms with E-state index in [9.17, 15) is 0 Å². The average molecular weight is 231 g/mol. The molecule has 94 valence electrons. The smallest absolute Gasteiger partial charge is 0.0390 e. The normalized spacial score (nSPS) is 13.8. The second-order valence-corrected chi connectivity index (χ2v) is 4.96. The lowest BCUT2D eigenvalue weighted by molar-refractivity contribution is 0.525. The fraction of sp³-hybridized carbons (Fsp3) is 0.500. The molecular formula is C16H25N. The van der Waals surface area contributed by atoms with Crippen LogP contribution in [0.5, 0.6) is 0 Å². The first-order valence-electron chi connectivity index (χ1n) is 6.60. The van der Waals surface area contributed by atoms with Crippen LogP contribution >= 0.6 is 0 Å². The minimum absolute atomic E-state index is 0.788. The van der Waals surface area contributed by atoms with Gasteiger partial charge in [0.1, 0.15) is 0 Å². The molecule has 17 heavy (non-hydrogen) atoms. The minimum Gasteiger partial charge on any atom is -0.398 e. The van der Waals surface area contributed by atoms with Gasteiger partial charge in [-0.2, -0.15) is 0 Å². The van der Waals surface area contributed by atoms with Crippen molar-refractivity contribution in [2.75, 3.05) is 5.73 Å². The lowest BCUT2D eigenvalue weighted by atomic mass is 9.93. The topological polar surface area (TPSA) is 26.0 Å². The van der Waals surface area contributed by atoms with Gasteiger partial charge in [0.05, 0.1) is 0 Å². The largest absolute Gasteiger partial charge is 0.398 e. The zero-order chi connectivity index (χ0) is 12.8. The van der Waals surface area contributed by atoms with Crippen molar-refractivity contribution < 1.29 is 0 Å². The lowest BCUT2D eigenvalue weighted by Gasteiger charge is -2.14. The van der Waals surface area contributed by atoms with E-state index in [2.05, 4.69) is 45.9 Å². The van der Waals surface area contributed by atoms with E-state index in [-0.39, 0.29) is 0 Å². The summed E-state index contributed by atoms with van der Waals surface area (Å²) >= 11 is 0. The SMILES string of the molecule is C/C=C(\CC[C@H](C)CC)c1cc(C)ccc1N. The molecule has 2 N–H and O–H groups in total. The Morgan fingerprint density at radius 3 is 2.71 bits per heavy atom. The second kappa shape index (κ2) is 6.48. The summed E-state index contributed by atoms with van der Waals surface area (Å²) in [5, 5.41) is 0. The molecule has 1 nitrogen and oxygen atoms in total. The third-order valence-corrected chi connectivity index (χ3v) is 3.51. The van der Waals surface area contributed by atoms with Crippen LogP contribution in [0.3, 0.4) is 0 Å². The number of benzene rings is 1. The van der Waals surface area contributed by atoms with E-state index >= 15 is 0 Å². The molecule has 1 rings (SSSR count). The number of nitrogens with two attached hydrogens (primary N) is 1. The molecule has 1 atom stereocenters. The summed E-state index contributed by atoms with van der Waals surface area (Å²) in [6.07, 6.45) is 5.82. The first-order valence-corrected chi connectivity index (χ1v) is 6.60. The number of aryl methyl sites for hydroxylation is 1. The third-order valence-electron chi connectivity index (χ3n) is 3.51. The maximum absolute atomic E-state index is 6.06. The Bertz CT molecular complexity index is 391. The Labute approximate surface area is 106 Å². The number of allylic oxidation sites excluding steroid dienone is 2. The van der Waals surface area contributed by atoms with Gasteiger partial charge >= 0.3 is 0 Å². The van der Waals surface area contributed by atoms with E-state index in [0.29, 0.717) is 0 Å². The van der Waals surface area contributed by atoms with Crippen molar-refractivity contribution in [3.63, 3.8) is 0 Å². The Morgan fingerprint density at radius 1 is 1.41 bits per heavy atom. The van der Waals surface area contributed by atoms with Gasteiger partial charge in [-0.3, -0.25) is 0 Å². The molecule has 1 aromatic rings. The Balaban J connectivity index is 2.84. The molecule has 0 saturated carbocycles. The molecule has 0 bridgehead atoms. The Morgan fingerprint density at radius 2 is 2.12 bits per heavy atom. The van der Waals surface area contributed by atoms with Gasteiger partial charge in [-0.25, -0.2) is 0 Å². The average Bonchev–Trinajstić information content (AvgIpc) is 2.33. The molecule has 1 aromatic carbocycles. The number of hydrogen-bond acceptors (Lipinski definition) is 1. The van der Waals surface area contributed by atoms with Crippen LogP contribution in [0, 0.1) is 12.8 Å². The molecule has 1 heteroatoms. The van der Waals surface area contributed by atoms with E-state index in [1.165, 1.54) is 29.5 Å². The highest BCUT2D eigenvalue weighted by Gasteiger charge is 2.07. The van der Waals surface area contributed by atoms with E-state index in [4.69, 9.17) is 5.73 Å². The van der Waals surface area contributed by atoms with Crippen LogP contribution < -0.4 is 5.73 Å². The molecule has 0 aliphatic carbocycles. The molecule has 0 fully saturated rings. The van der Waals surface area contributed by atoms with Gasteiger partial charge in [0.15, 0.2) is 0 Å². The van der Waals surface area contributed by atoms with Crippen LogP contribution in [-0.2, 0) is 0 Å². The third kappa shape index (κ3) is 3.92. The fourth-order valence-corrected chi connectivity index (χ4v) is 1.99. The first kappa shape index (κ1) is 13.8. The van der Waals surface area contributed by atoms with Crippen molar-refractivity contribution in [3.8, 4) is 0 Å². The highest BCUT2D eigenvalue weighted by molar-refractivity contribution is 5.75. The summed E-state index contributed by atoms with van der Waals surface area (Å²) in [4.78, 5) is 0. The van der Waals surface area contributed by atoms with E-state index in [1.807, 2.05) is 6.07 Å². The predicted molar refractivity (Wildman–Crippen MR) is 77.9 cm³/mol. The summed E-state index contributed by atoms with van der Waals surface area (Å²) in [6, 6.07) is 6.28. The number of anilines is 1. The van der Waals surface area contributed by atoms with Crippen molar-refractivity contribution in [2.45, 2.75) is 47.0 Å². The molecule has 0 amide bonds. The minimum atomic E-state index is 0.788. The summed E-state index contributed by atoms with van der Waals surface area (Å²) < 4.78 is 0. The zero-order valence-electron chi connectivity index (χ0n) is 11.6. The summed E-state index contributed by atoms with van der Waals surface area (Å²) in [5.41, 5.74) is 10.8. The summed E-state index contributed by atoms with van der Waals surface area (Å²) in [7, 11) is 0. The molecule has 0 radical (unpaired) electrons. The molecule has 0 saturated heterocycles.